The lowest BCUT2D eigenvalue weighted by atomic mass is 10.00. The molecule has 0 heterocycles. The van der Waals surface area contributed by atoms with E-state index in [0.29, 0.717) is 5.56 Å². The van der Waals surface area contributed by atoms with Crippen LogP contribution in [0.15, 0.2) is 77.9 Å². The first-order valence-corrected chi connectivity index (χ1v) is 8.56. The highest BCUT2D eigenvalue weighted by atomic mass is 35.5. The summed E-state index contributed by atoms with van der Waals surface area (Å²) >= 11 is 5.99. The molecule has 3 aromatic carbocycles. The van der Waals surface area contributed by atoms with E-state index in [1.54, 1.807) is 48.5 Å². The van der Waals surface area contributed by atoms with Crippen molar-refractivity contribution in [3.63, 3.8) is 0 Å². The number of esters is 1. The van der Waals surface area contributed by atoms with Gasteiger partial charge in [-0.1, -0.05) is 35.9 Å². The number of hydrogen-bond donors (Lipinski definition) is 2. The van der Waals surface area contributed by atoms with Crippen molar-refractivity contribution in [2.75, 3.05) is 0 Å². The molecule has 0 unspecified atom stereocenters. The number of para-hydroxylation sites is 1. The van der Waals surface area contributed by atoms with Gasteiger partial charge >= 0.3 is 5.97 Å². The second-order valence-electron chi connectivity index (χ2n) is 5.72. The third-order valence-corrected chi connectivity index (χ3v) is 4.25. The highest BCUT2D eigenvalue weighted by Crippen LogP contribution is 2.21. The van der Waals surface area contributed by atoms with Gasteiger partial charge in [0.15, 0.2) is 0 Å². The number of ether oxygens (including phenoxy) is 1. The average Bonchev–Trinajstić information content (AvgIpc) is 2.70. The Hall–Kier alpha value is -3.64. The summed E-state index contributed by atoms with van der Waals surface area (Å²) in [6, 6.07) is 18.7. The first-order valence-electron chi connectivity index (χ1n) is 8.19. The van der Waals surface area contributed by atoms with Crippen LogP contribution in [0.5, 0.6) is 11.5 Å². The second-order valence-corrected chi connectivity index (χ2v) is 6.12. The molecular formula is C21H15ClN2O4. The number of carbonyl (C=O) groups excluding carboxylic acids is 2. The normalized spacial score (nSPS) is 11.1. The highest BCUT2D eigenvalue weighted by molar-refractivity contribution is 6.51. The summed E-state index contributed by atoms with van der Waals surface area (Å²) in [6.07, 6.45) is 0. The van der Waals surface area contributed by atoms with Gasteiger partial charge in [0.25, 0.3) is 0 Å². The van der Waals surface area contributed by atoms with Crippen molar-refractivity contribution < 1.29 is 19.4 Å². The van der Waals surface area contributed by atoms with E-state index in [2.05, 4.69) is 5.10 Å². The van der Waals surface area contributed by atoms with Crippen LogP contribution in [0, 0.1) is 0 Å². The van der Waals surface area contributed by atoms with Gasteiger partial charge < -0.3 is 15.7 Å². The van der Waals surface area contributed by atoms with Crippen molar-refractivity contribution in [3.05, 3.63) is 94.5 Å². The Morgan fingerprint density at radius 2 is 1.50 bits per heavy atom. The number of phenols is 1. The van der Waals surface area contributed by atoms with Crippen LogP contribution in [0.2, 0.25) is 5.02 Å². The summed E-state index contributed by atoms with van der Waals surface area (Å²) in [7, 11) is 0. The molecule has 0 amide bonds. The molecule has 28 heavy (non-hydrogen) atoms. The van der Waals surface area contributed by atoms with Crippen molar-refractivity contribution in [3.8, 4) is 11.5 Å². The number of Topliss-reactive ketones (excluding diaryl/α,β-unsaturated/α-hetero) is 1. The Labute approximate surface area is 165 Å². The van der Waals surface area contributed by atoms with Crippen molar-refractivity contribution >= 4 is 29.1 Å². The lowest BCUT2D eigenvalue weighted by molar-refractivity contribution is 0.0734. The summed E-state index contributed by atoms with van der Waals surface area (Å²) in [5.41, 5.74) is 0.701. The van der Waals surface area contributed by atoms with Gasteiger partial charge in [0.05, 0.1) is 16.1 Å². The maximum absolute atomic E-state index is 12.6. The number of hydrogen-bond acceptors (Lipinski definition) is 6. The van der Waals surface area contributed by atoms with Gasteiger partial charge in [-0.3, -0.25) is 4.79 Å². The minimum absolute atomic E-state index is 0.0366. The van der Waals surface area contributed by atoms with E-state index in [4.69, 9.17) is 22.2 Å². The molecule has 0 radical (unpaired) electrons. The third-order valence-electron chi connectivity index (χ3n) is 3.92. The number of ketones is 1. The fourth-order valence-corrected chi connectivity index (χ4v) is 2.74. The summed E-state index contributed by atoms with van der Waals surface area (Å²) in [5, 5.41) is 13.7. The quantitative estimate of drug-likeness (QED) is 0.171. The molecule has 3 N–H and O–H groups in total. The van der Waals surface area contributed by atoms with Crippen molar-refractivity contribution in [1.82, 2.24) is 0 Å². The van der Waals surface area contributed by atoms with Gasteiger partial charge in [-0.2, -0.15) is 5.10 Å². The van der Waals surface area contributed by atoms with Crippen LogP contribution in [0.4, 0.5) is 0 Å². The van der Waals surface area contributed by atoms with E-state index in [9.17, 15) is 14.7 Å². The Morgan fingerprint density at radius 1 is 0.893 bits per heavy atom. The van der Waals surface area contributed by atoms with Crippen LogP contribution in [-0.4, -0.2) is 22.6 Å². The molecule has 7 heteroatoms. The Morgan fingerprint density at radius 3 is 2.11 bits per heavy atom. The average molecular weight is 395 g/mol. The van der Waals surface area contributed by atoms with E-state index in [1.807, 2.05) is 0 Å². The van der Waals surface area contributed by atoms with Gasteiger partial charge in [0.1, 0.15) is 17.2 Å². The van der Waals surface area contributed by atoms with Gasteiger partial charge in [-0.15, -0.1) is 0 Å². The van der Waals surface area contributed by atoms with Crippen LogP contribution < -0.4 is 10.6 Å². The molecule has 0 atom stereocenters. The maximum atomic E-state index is 12.6. The highest BCUT2D eigenvalue weighted by Gasteiger charge is 2.19. The predicted molar refractivity (Wildman–Crippen MR) is 106 cm³/mol. The summed E-state index contributed by atoms with van der Waals surface area (Å²) < 4.78 is 5.29. The molecule has 140 valence electrons. The molecule has 0 saturated heterocycles. The van der Waals surface area contributed by atoms with Crippen LogP contribution in [0.1, 0.15) is 26.3 Å². The van der Waals surface area contributed by atoms with E-state index in [-0.39, 0.29) is 33.4 Å². The molecule has 0 saturated carbocycles. The molecule has 3 aromatic rings. The molecule has 0 spiro atoms. The molecule has 3 rings (SSSR count). The number of benzene rings is 3. The van der Waals surface area contributed by atoms with Gasteiger partial charge in [-0.05, 0) is 48.5 Å². The third kappa shape index (κ3) is 4.02. The number of phenolic OH excluding ortho intramolecular Hbond substituents is 1. The zero-order valence-corrected chi connectivity index (χ0v) is 15.3. The number of aromatic hydroxyl groups is 1. The first-order chi connectivity index (χ1) is 13.5. The monoisotopic (exact) mass is 394 g/mol. The molecule has 0 aromatic heterocycles. The second kappa shape index (κ2) is 8.37. The number of hydrazone groups is 1. The van der Waals surface area contributed by atoms with Gasteiger partial charge in [0.2, 0.25) is 5.78 Å². The number of halogens is 1. The molecular weight excluding hydrogens is 380 g/mol. The largest absolute Gasteiger partial charge is 0.507 e. The van der Waals surface area contributed by atoms with E-state index in [1.165, 1.54) is 24.3 Å². The smallest absolute Gasteiger partial charge is 0.345 e. The molecule has 0 bridgehead atoms. The minimum atomic E-state index is -0.601. The molecule has 0 fully saturated rings. The van der Waals surface area contributed by atoms with Crippen LogP contribution in [0.3, 0.4) is 0 Å². The fourth-order valence-electron chi connectivity index (χ4n) is 2.53. The first kappa shape index (κ1) is 19.1. The Kier molecular flexibility index (Phi) is 5.72. The zero-order valence-electron chi connectivity index (χ0n) is 14.5. The number of carbonyl (C=O) groups is 2. The van der Waals surface area contributed by atoms with E-state index in [0.717, 1.165) is 0 Å². The minimum Gasteiger partial charge on any atom is -0.507 e. The lowest BCUT2D eigenvalue weighted by Gasteiger charge is -2.08. The van der Waals surface area contributed by atoms with Crippen LogP contribution in [0.25, 0.3) is 0 Å². The van der Waals surface area contributed by atoms with Crippen molar-refractivity contribution in [2.24, 2.45) is 10.9 Å². The SMILES string of the molecule is N/N=C(/C(=O)c1ccccc1O)c1ccc(OC(=O)c2ccccc2Cl)cc1. The molecule has 6 nitrogen and oxygen atoms in total. The van der Waals surface area contributed by atoms with E-state index >= 15 is 0 Å². The molecule has 0 aliphatic carbocycles. The number of rotatable bonds is 5. The van der Waals surface area contributed by atoms with Crippen molar-refractivity contribution in [2.45, 2.75) is 0 Å². The maximum Gasteiger partial charge on any atom is 0.345 e. The Balaban J connectivity index is 1.80. The van der Waals surface area contributed by atoms with Crippen LogP contribution >= 0.6 is 11.6 Å². The topological polar surface area (TPSA) is 102 Å². The number of nitrogens with two attached hydrogens (primary N) is 1. The Bertz CT molecular complexity index is 1060. The zero-order chi connectivity index (χ0) is 20.1. The van der Waals surface area contributed by atoms with Gasteiger partial charge in [0, 0.05) is 5.56 Å². The number of nitrogens with zero attached hydrogens (tertiary/aromatic N) is 1. The lowest BCUT2D eigenvalue weighted by Crippen LogP contribution is -2.18. The summed E-state index contributed by atoms with van der Waals surface area (Å²) in [6.45, 7) is 0. The van der Waals surface area contributed by atoms with E-state index < -0.39 is 11.8 Å². The van der Waals surface area contributed by atoms with Crippen LogP contribution in [-0.2, 0) is 0 Å². The fraction of sp³-hybridized carbons (Fsp3) is 0. The standard InChI is InChI=1S/C21H15ClN2O4/c22-17-7-3-1-5-15(17)21(27)28-14-11-9-13(10-12-14)19(24-23)20(26)16-6-2-4-8-18(16)25/h1-12,25H,23H2/b24-19+. The predicted octanol–water partition coefficient (Wildman–Crippen LogP) is 3.81. The summed E-state index contributed by atoms with van der Waals surface area (Å²) in [5.74, 6) is 4.36. The van der Waals surface area contributed by atoms with Crippen molar-refractivity contribution in [1.29, 1.82) is 0 Å². The molecule has 0 aliphatic rings. The molecule has 0 aliphatic heterocycles. The van der Waals surface area contributed by atoms with Gasteiger partial charge in [-0.25, -0.2) is 4.79 Å². The summed E-state index contributed by atoms with van der Waals surface area (Å²) in [4.78, 5) is 24.8.